The van der Waals surface area contributed by atoms with Crippen LogP contribution in [0, 0.1) is 39.9 Å². The van der Waals surface area contributed by atoms with Crippen LogP contribution in [0.4, 0.5) is 0 Å². The van der Waals surface area contributed by atoms with Gasteiger partial charge in [0.25, 0.3) is 0 Å². The summed E-state index contributed by atoms with van der Waals surface area (Å²) >= 11 is 1.49. The predicted molar refractivity (Wildman–Crippen MR) is 121 cm³/mol. The van der Waals surface area contributed by atoms with Crippen molar-refractivity contribution in [3.8, 4) is 6.07 Å². The van der Waals surface area contributed by atoms with E-state index in [9.17, 15) is 14.9 Å². The largest absolute Gasteiger partial charge is 0.462 e. The fourth-order valence-corrected chi connectivity index (χ4v) is 7.69. The second-order valence-corrected chi connectivity index (χ2v) is 11.1. The molecule has 0 heterocycles. The summed E-state index contributed by atoms with van der Waals surface area (Å²) in [7, 11) is 0. The highest BCUT2D eigenvalue weighted by atomic mass is 32.2. The number of nitriles is 1. The van der Waals surface area contributed by atoms with Gasteiger partial charge in [-0.05, 0) is 61.7 Å². The Labute approximate surface area is 186 Å². The highest BCUT2D eigenvalue weighted by Gasteiger charge is 2.56. The maximum atomic E-state index is 13.3. The fourth-order valence-electron chi connectivity index (χ4n) is 6.49. The monoisotopic (exact) mass is 431 g/mol. The minimum Gasteiger partial charge on any atom is -0.462 e. The number of fused-ring (bicyclic) bond motifs is 3. The number of esters is 1. The molecule has 0 bridgehead atoms. The first-order valence-electron chi connectivity index (χ1n) is 11.7. The van der Waals surface area contributed by atoms with Crippen molar-refractivity contribution in [1.82, 2.24) is 0 Å². The summed E-state index contributed by atoms with van der Waals surface area (Å²) in [6.45, 7) is 8.15. The standard InChI is InChI=1S/C25H37NO3S/c1-5-6-15-30-23(28)25(4)13-10-21-20(22(25)11-14-26)8-7-18-16-19(29-17(2)27)9-12-24(18,21)3/h7,19-22H,5-6,8-13,15-16H2,1-4H3/t19-,20-,21+,22-,24-,25-/m0/s1. The molecule has 5 heteroatoms. The molecule has 0 aromatic heterocycles. The number of hydrogen-bond donors (Lipinski definition) is 0. The van der Waals surface area contributed by atoms with Crippen molar-refractivity contribution in [3.05, 3.63) is 11.6 Å². The van der Waals surface area contributed by atoms with Gasteiger partial charge in [-0.1, -0.05) is 50.6 Å². The van der Waals surface area contributed by atoms with E-state index in [-0.39, 0.29) is 23.4 Å². The quantitative estimate of drug-likeness (QED) is 0.290. The molecule has 166 valence electrons. The Kier molecular flexibility index (Phi) is 7.38. The maximum Gasteiger partial charge on any atom is 0.302 e. The van der Waals surface area contributed by atoms with Gasteiger partial charge in [0.05, 0.1) is 6.07 Å². The van der Waals surface area contributed by atoms with Crippen LogP contribution in [0.5, 0.6) is 0 Å². The SMILES string of the molecule is CCCCSC(=O)[C@@]1(C)CC[C@@H]2[C@H](CC=C3C[C@@H](OC(C)=O)CC[C@@]32C)[C@@H]1CC#N. The number of carbonyl (C=O) groups excluding carboxylic acids is 2. The van der Waals surface area contributed by atoms with E-state index in [1.807, 2.05) is 0 Å². The number of thioether (sulfide) groups is 1. The smallest absolute Gasteiger partial charge is 0.302 e. The fraction of sp³-hybridized carbons (Fsp3) is 0.800. The molecule has 0 saturated heterocycles. The number of unbranched alkanes of at least 4 members (excludes halogenated alkanes) is 1. The number of nitrogens with zero attached hydrogens (tertiary/aromatic N) is 1. The highest BCUT2D eigenvalue weighted by Crippen LogP contribution is 2.62. The van der Waals surface area contributed by atoms with Crippen molar-refractivity contribution in [3.63, 3.8) is 0 Å². The number of rotatable bonds is 6. The van der Waals surface area contributed by atoms with Crippen molar-refractivity contribution in [1.29, 1.82) is 5.26 Å². The molecule has 0 aromatic rings. The molecule has 6 atom stereocenters. The molecule has 0 aromatic carbocycles. The van der Waals surface area contributed by atoms with Gasteiger partial charge >= 0.3 is 5.97 Å². The van der Waals surface area contributed by atoms with E-state index in [4.69, 9.17) is 4.74 Å². The summed E-state index contributed by atoms with van der Waals surface area (Å²) in [5.74, 6) is 1.72. The lowest BCUT2D eigenvalue weighted by molar-refractivity contribution is -0.148. The zero-order valence-corrected chi connectivity index (χ0v) is 19.9. The molecule has 0 N–H and O–H groups in total. The predicted octanol–water partition coefficient (Wildman–Crippen LogP) is 6.06. The Morgan fingerprint density at radius 3 is 2.73 bits per heavy atom. The molecule has 0 aliphatic heterocycles. The molecule has 4 nitrogen and oxygen atoms in total. The first-order chi connectivity index (χ1) is 14.3. The summed E-state index contributed by atoms with van der Waals surface area (Å²) in [6.07, 6.45) is 10.6. The number of hydrogen-bond acceptors (Lipinski definition) is 5. The first-order valence-corrected chi connectivity index (χ1v) is 12.7. The van der Waals surface area contributed by atoms with Crippen molar-refractivity contribution in [2.45, 2.75) is 91.6 Å². The third-order valence-electron chi connectivity index (χ3n) is 8.29. The minimum absolute atomic E-state index is 0.00122. The van der Waals surface area contributed by atoms with Crippen LogP contribution in [0.15, 0.2) is 11.6 Å². The zero-order chi connectivity index (χ0) is 21.9. The van der Waals surface area contributed by atoms with E-state index in [1.54, 1.807) is 0 Å². The summed E-state index contributed by atoms with van der Waals surface area (Å²) in [6, 6.07) is 2.42. The lowest BCUT2D eigenvalue weighted by atomic mass is 9.47. The number of carbonyl (C=O) groups is 2. The molecule has 3 aliphatic rings. The molecule has 2 fully saturated rings. The first kappa shape index (κ1) is 23.4. The van der Waals surface area contributed by atoms with Crippen LogP contribution in [-0.4, -0.2) is 22.9 Å². The number of ether oxygens (including phenoxy) is 1. The van der Waals surface area contributed by atoms with Gasteiger partial charge in [0, 0.05) is 30.9 Å². The molecule has 2 saturated carbocycles. The molecule has 3 rings (SSSR count). The van der Waals surface area contributed by atoms with Crippen LogP contribution < -0.4 is 0 Å². The average molecular weight is 432 g/mol. The summed E-state index contributed by atoms with van der Waals surface area (Å²) in [4.78, 5) is 24.7. The van der Waals surface area contributed by atoms with Gasteiger partial charge in [0.2, 0.25) is 0 Å². The summed E-state index contributed by atoms with van der Waals surface area (Å²) < 4.78 is 5.52. The highest BCUT2D eigenvalue weighted by molar-refractivity contribution is 8.13. The van der Waals surface area contributed by atoms with E-state index < -0.39 is 5.41 Å². The number of allylic oxidation sites excluding steroid dienone is 1. The van der Waals surface area contributed by atoms with Gasteiger partial charge in [0.15, 0.2) is 5.12 Å². The molecular weight excluding hydrogens is 394 g/mol. The third-order valence-corrected chi connectivity index (χ3v) is 9.51. The molecule has 3 aliphatic carbocycles. The Bertz CT molecular complexity index is 741. The zero-order valence-electron chi connectivity index (χ0n) is 19.0. The van der Waals surface area contributed by atoms with Crippen LogP contribution in [0.2, 0.25) is 0 Å². The molecule has 0 spiro atoms. The third kappa shape index (κ3) is 4.35. The van der Waals surface area contributed by atoms with Crippen LogP contribution in [0.1, 0.15) is 85.5 Å². The molecule has 0 radical (unpaired) electrons. The van der Waals surface area contributed by atoms with Gasteiger partial charge in [-0.3, -0.25) is 9.59 Å². The summed E-state index contributed by atoms with van der Waals surface area (Å²) in [5, 5.41) is 9.92. The van der Waals surface area contributed by atoms with Crippen molar-refractivity contribution in [2.24, 2.45) is 28.6 Å². The van der Waals surface area contributed by atoms with Crippen LogP contribution in [-0.2, 0) is 14.3 Å². The summed E-state index contributed by atoms with van der Waals surface area (Å²) in [5.41, 5.74) is 1.14. The van der Waals surface area contributed by atoms with Crippen molar-refractivity contribution >= 4 is 22.8 Å². The Morgan fingerprint density at radius 1 is 1.30 bits per heavy atom. The van der Waals surface area contributed by atoms with E-state index in [2.05, 4.69) is 32.9 Å². The lowest BCUT2D eigenvalue weighted by Crippen LogP contribution is -2.52. The minimum atomic E-state index is -0.397. The molecule has 0 amide bonds. The van der Waals surface area contributed by atoms with E-state index >= 15 is 0 Å². The topological polar surface area (TPSA) is 67.2 Å². The van der Waals surface area contributed by atoms with Crippen LogP contribution >= 0.6 is 11.8 Å². The average Bonchev–Trinajstić information content (AvgIpc) is 2.70. The van der Waals surface area contributed by atoms with Crippen molar-refractivity contribution < 1.29 is 14.3 Å². The van der Waals surface area contributed by atoms with E-state index in [1.165, 1.54) is 24.3 Å². The normalized spacial score (nSPS) is 37.9. The van der Waals surface area contributed by atoms with E-state index in [0.717, 1.165) is 57.1 Å². The van der Waals surface area contributed by atoms with Crippen molar-refractivity contribution in [2.75, 3.05) is 5.75 Å². The molecular formula is C25H37NO3S. The van der Waals surface area contributed by atoms with Crippen LogP contribution in [0.3, 0.4) is 0 Å². The Morgan fingerprint density at radius 2 is 2.07 bits per heavy atom. The maximum absolute atomic E-state index is 13.3. The van der Waals surface area contributed by atoms with Gasteiger partial charge < -0.3 is 4.74 Å². The van der Waals surface area contributed by atoms with Gasteiger partial charge in [-0.15, -0.1) is 0 Å². The Hall–Kier alpha value is -1.28. The Balaban J connectivity index is 1.83. The second kappa shape index (κ2) is 9.47. The molecule has 30 heavy (non-hydrogen) atoms. The molecule has 0 unspecified atom stereocenters. The lowest BCUT2D eigenvalue weighted by Gasteiger charge is -2.57. The van der Waals surface area contributed by atoms with Gasteiger partial charge in [0.1, 0.15) is 6.10 Å². The van der Waals surface area contributed by atoms with E-state index in [0.29, 0.717) is 23.4 Å². The van der Waals surface area contributed by atoms with Crippen LogP contribution in [0.25, 0.3) is 0 Å². The second-order valence-electron chi connectivity index (χ2n) is 10.0. The van der Waals surface area contributed by atoms with Gasteiger partial charge in [-0.2, -0.15) is 5.26 Å². The van der Waals surface area contributed by atoms with Gasteiger partial charge in [-0.25, -0.2) is 0 Å².